The Balaban J connectivity index is 1.70. The quantitative estimate of drug-likeness (QED) is 0.630. The van der Waals surface area contributed by atoms with Gasteiger partial charge in [0, 0.05) is 6.61 Å². The van der Waals surface area contributed by atoms with Crippen molar-refractivity contribution in [3.05, 3.63) is 23.8 Å². The van der Waals surface area contributed by atoms with Crippen molar-refractivity contribution < 1.29 is 9.47 Å². The van der Waals surface area contributed by atoms with E-state index in [4.69, 9.17) is 15.2 Å². The van der Waals surface area contributed by atoms with E-state index in [0.717, 1.165) is 36.4 Å². The summed E-state index contributed by atoms with van der Waals surface area (Å²) in [4.78, 5) is 0. The van der Waals surface area contributed by atoms with Crippen LogP contribution in [0.25, 0.3) is 0 Å². The molecule has 0 spiro atoms. The number of rotatable bonds is 5. The van der Waals surface area contributed by atoms with Gasteiger partial charge in [0.1, 0.15) is 5.75 Å². The zero-order valence-electron chi connectivity index (χ0n) is 10.4. The van der Waals surface area contributed by atoms with Crippen molar-refractivity contribution in [2.75, 3.05) is 18.9 Å². The minimum Gasteiger partial charge on any atom is -0.491 e. The van der Waals surface area contributed by atoms with Crippen LogP contribution in [0.1, 0.15) is 31.2 Å². The van der Waals surface area contributed by atoms with E-state index in [1.165, 1.54) is 12.8 Å². The molecule has 0 bridgehead atoms. The highest BCUT2D eigenvalue weighted by molar-refractivity contribution is 5.53. The van der Waals surface area contributed by atoms with E-state index in [0.29, 0.717) is 12.7 Å². The van der Waals surface area contributed by atoms with E-state index in [1.54, 1.807) is 0 Å². The van der Waals surface area contributed by atoms with E-state index in [1.807, 2.05) is 25.1 Å². The Kier molecular flexibility index (Phi) is 4.26. The first kappa shape index (κ1) is 12.2. The molecule has 17 heavy (non-hydrogen) atoms. The van der Waals surface area contributed by atoms with Crippen molar-refractivity contribution in [3.8, 4) is 5.75 Å². The molecule has 0 aromatic heterocycles. The van der Waals surface area contributed by atoms with E-state index < -0.39 is 0 Å². The maximum Gasteiger partial charge on any atom is 0.142 e. The van der Waals surface area contributed by atoms with E-state index in [9.17, 15) is 0 Å². The second kappa shape index (κ2) is 5.92. The lowest BCUT2D eigenvalue weighted by atomic mass is 10.1. The van der Waals surface area contributed by atoms with Crippen LogP contribution in [0.15, 0.2) is 18.2 Å². The van der Waals surface area contributed by atoms with Crippen LogP contribution >= 0.6 is 0 Å². The summed E-state index contributed by atoms with van der Waals surface area (Å²) in [5.41, 5.74) is 7.76. The van der Waals surface area contributed by atoms with E-state index in [2.05, 4.69) is 0 Å². The molecule has 0 radical (unpaired) electrons. The van der Waals surface area contributed by atoms with Crippen molar-refractivity contribution in [2.24, 2.45) is 0 Å². The minimum absolute atomic E-state index is 0.453. The molecule has 1 atom stereocenters. The zero-order valence-corrected chi connectivity index (χ0v) is 10.4. The minimum atomic E-state index is 0.453. The molecular weight excluding hydrogens is 214 g/mol. The third-order valence-electron chi connectivity index (χ3n) is 3.12. The van der Waals surface area contributed by atoms with Crippen molar-refractivity contribution in [1.82, 2.24) is 0 Å². The van der Waals surface area contributed by atoms with E-state index in [-0.39, 0.29) is 0 Å². The maximum atomic E-state index is 5.88. The van der Waals surface area contributed by atoms with Crippen LogP contribution in [-0.2, 0) is 4.74 Å². The summed E-state index contributed by atoms with van der Waals surface area (Å²) >= 11 is 0. The first-order valence-electron chi connectivity index (χ1n) is 6.36. The lowest BCUT2D eigenvalue weighted by Gasteiger charge is -2.11. The second-order valence-electron chi connectivity index (χ2n) is 4.67. The molecule has 2 rings (SSSR count). The summed E-state index contributed by atoms with van der Waals surface area (Å²) in [6, 6.07) is 5.90. The first-order chi connectivity index (χ1) is 8.25. The molecule has 0 saturated carbocycles. The van der Waals surface area contributed by atoms with Crippen LogP contribution in [-0.4, -0.2) is 19.3 Å². The Morgan fingerprint density at radius 1 is 1.47 bits per heavy atom. The highest BCUT2D eigenvalue weighted by Gasteiger charge is 2.14. The molecule has 1 saturated heterocycles. The van der Waals surface area contributed by atoms with Gasteiger partial charge in [0.05, 0.1) is 18.4 Å². The van der Waals surface area contributed by atoms with Crippen LogP contribution in [0, 0.1) is 6.92 Å². The molecule has 94 valence electrons. The number of hydrogen-bond acceptors (Lipinski definition) is 3. The molecule has 1 aromatic rings. The number of aryl methyl sites for hydroxylation is 1. The molecule has 1 fully saturated rings. The summed E-state index contributed by atoms with van der Waals surface area (Å²) in [6.07, 6.45) is 4.97. The number of nitrogens with two attached hydrogens (primary N) is 1. The van der Waals surface area contributed by atoms with Gasteiger partial charge in [-0.25, -0.2) is 0 Å². The molecule has 1 heterocycles. The third-order valence-corrected chi connectivity index (χ3v) is 3.12. The average molecular weight is 235 g/mol. The Morgan fingerprint density at radius 2 is 2.35 bits per heavy atom. The molecule has 3 nitrogen and oxygen atoms in total. The van der Waals surface area contributed by atoms with Gasteiger partial charge in [-0.2, -0.15) is 0 Å². The number of anilines is 1. The Hall–Kier alpha value is -1.22. The van der Waals surface area contributed by atoms with Crippen LogP contribution in [0.4, 0.5) is 5.69 Å². The van der Waals surface area contributed by atoms with Crippen molar-refractivity contribution in [2.45, 2.75) is 38.7 Å². The van der Waals surface area contributed by atoms with Crippen LogP contribution < -0.4 is 10.5 Å². The van der Waals surface area contributed by atoms with Crippen molar-refractivity contribution >= 4 is 5.69 Å². The fourth-order valence-electron chi connectivity index (χ4n) is 2.16. The van der Waals surface area contributed by atoms with Gasteiger partial charge in [0.25, 0.3) is 0 Å². The number of ether oxygens (including phenoxy) is 2. The standard InChI is InChI=1S/C14H21NO2/c1-11-6-7-14(13(15)10-11)17-9-3-5-12-4-2-8-16-12/h6-7,10,12H,2-5,8-9,15H2,1H3. The summed E-state index contributed by atoms with van der Waals surface area (Å²) < 4.78 is 11.2. The highest BCUT2D eigenvalue weighted by Crippen LogP contribution is 2.23. The number of hydrogen-bond donors (Lipinski definition) is 1. The maximum absolute atomic E-state index is 5.88. The first-order valence-corrected chi connectivity index (χ1v) is 6.36. The molecule has 1 aliphatic heterocycles. The monoisotopic (exact) mass is 235 g/mol. The lowest BCUT2D eigenvalue weighted by molar-refractivity contribution is 0.0982. The van der Waals surface area contributed by atoms with Gasteiger partial charge in [0.2, 0.25) is 0 Å². The smallest absolute Gasteiger partial charge is 0.142 e. The van der Waals surface area contributed by atoms with Crippen molar-refractivity contribution in [3.63, 3.8) is 0 Å². The number of nitrogen functional groups attached to an aromatic ring is 1. The number of benzene rings is 1. The van der Waals surface area contributed by atoms with Gasteiger partial charge in [0.15, 0.2) is 0 Å². The average Bonchev–Trinajstić information content (AvgIpc) is 2.79. The molecule has 2 N–H and O–H groups in total. The largest absolute Gasteiger partial charge is 0.491 e. The molecule has 1 unspecified atom stereocenters. The molecule has 0 aliphatic carbocycles. The molecular formula is C14H21NO2. The van der Waals surface area contributed by atoms with Crippen LogP contribution in [0.2, 0.25) is 0 Å². The normalized spacial score (nSPS) is 19.5. The van der Waals surface area contributed by atoms with Gasteiger partial charge in [-0.15, -0.1) is 0 Å². The second-order valence-corrected chi connectivity index (χ2v) is 4.67. The summed E-state index contributed by atoms with van der Waals surface area (Å²) in [5.74, 6) is 0.794. The topological polar surface area (TPSA) is 44.5 Å². The Morgan fingerprint density at radius 3 is 3.06 bits per heavy atom. The van der Waals surface area contributed by atoms with Crippen molar-refractivity contribution in [1.29, 1.82) is 0 Å². The Bertz CT molecular complexity index is 359. The predicted molar refractivity (Wildman–Crippen MR) is 69.3 cm³/mol. The SMILES string of the molecule is Cc1ccc(OCCCC2CCCO2)c(N)c1. The summed E-state index contributed by atoms with van der Waals surface area (Å²) in [6.45, 7) is 3.67. The van der Waals surface area contributed by atoms with Gasteiger partial charge >= 0.3 is 0 Å². The van der Waals surface area contributed by atoms with Gasteiger partial charge in [-0.1, -0.05) is 6.07 Å². The fraction of sp³-hybridized carbons (Fsp3) is 0.571. The van der Waals surface area contributed by atoms with Gasteiger partial charge in [-0.05, 0) is 50.3 Å². The van der Waals surface area contributed by atoms with Gasteiger partial charge in [-0.3, -0.25) is 0 Å². The molecule has 0 amide bonds. The summed E-state index contributed by atoms with van der Waals surface area (Å²) in [7, 11) is 0. The molecule has 3 heteroatoms. The highest BCUT2D eigenvalue weighted by atomic mass is 16.5. The van der Waals surface area contributed by atoms with E-state index >= 15 is 0 Å². The van der Waals surface area contributed by atoms with Gasteiger partial charge < -0.3 is 15.2 Å². The lowest BCUT2D eigenvalue weighted by Crippen LogP contribution is -2.08. The third kappa shape index (κ3) is 3.63. The predicted octanol–water partition coefficient (Wildman–Crippen LogP) is 2.92. The molecule has 1 aromatic carbocycles. The zero-order chi connectivity index (χ0) is 12.1. The fourth-order valence-corrected chi connectivity index (χ4v) is 2.16. The molecule has 1 aliphatic rings. The summed E-state index contributed by atoms with van der Waals surface area (Å²) in [5, 5.41) is 0. The Labute approximate surface area is 103 Å². The van der Waals surface area contributed by atoms with Crippen LogP contribution in [0.3, 0.4) is 0 Å². The van der Waals surface area contributed by atoms with Crippen LogP contribution in [0.5, 0.6) is 5.75 Å².